The van der Waals surface area contributed by atoms with Crippen molar-refractivity contribution in [3.05, 3.63) is 142 Å². The van der Waals surface area contributed by atoms with Crippen molar-refractivity contribution < 1.29 is 23.5 Å². The average Bonchev–Trinajstić information content (AvgIpc) is 3.63. The molecule has 8 nitrogen and oxygen atoms in total. The Bertz CT molecular complexity index is 1760. The minimum atomic E-state index is -0.563. The van der Waals surface area contributed by atoms with Gasteiger partial charge in [-0.05, 0) is 98.3 Å². The SMILES string of the molecule is Cc1ccc(C)n1-c1ccc(OCc2ccc(C(=O)N/N=C\c3ccccc3OC(=O)/C=C/c3ccc(Cl)cc3)o2)cc1. The maximum Gasteiger partial charge on any atom is 0.336 e. The fourth-order valence-corrected chi connectivity index (χ4v) is 4.40. The number of benzene rings is 3. The molecule has 216 valence electrons. The van der Waals surface area contributed by atoms with Crippen molar-refractivity contribution >= 4 is 35.8 Å². The molecule has 0 bridgehead atoms. The zero-order valence-electron chi connectivity index (χ0n) is 23.5. The summed E-state index contributed by atoms with van der Waals surface area (Å²) in [6.45, 7) is 4.28. The molecule has 3 aromatic carbocycles. The lowest BCUT2D eigenvalue weighted by Gasteiger charge is -2.10. The lowest BCUT2D eigenvalue weighted by Crippen LogP contribution is -2.17. The highest BCUT2D eigenvalue weighted by Gasteiger charge is 2.12. The second kappa shape index (κ2) is 13.5. The number of esters is 1. The van der Waals surface area contributed by atoms with E-state index in [1.807, 2.05) is 24.3 Å². The highest BCUT2D eigenvalue weighted by Crippen LogP contribution is 2.21. The van der Waals surface area contributed by atoms with Crippen LogP contribution < -0.4 is 14.9 Å². The molecule has 0 aliphatic heterocycles. The average molecular weight is 594 g/mol. The van der Waals surface area contributed by atoms with Gasteiger partial charge in [-0.25, -0.2) is 10.2 Å². The van der Waals surface area contributed by atoms with E-state index in [4.69, 9.17) is 25.5 Å². The predicted octanol–water partition coefficient (Wildman–Crippen LogP) is 7.30. The van der Waals surface area contributed by atoms with E-state index in [1.165, 1.54) is 12.3 Å². The number of hydrazone groups is 1. The number of carbonyl (C=O) groups excluding carboxylic acids is 2. The van der Waals surface area contributed by atoms with Crippen LogP contribution in [0.15, 0.2) is 113 Å². The standard InChI is InChI=1S/C34H28ClN3O5/c1-23-7-8-24(2)38(23)28-14-16-29(17-15-28)41-22-30-18-19-32(42-30)34(40)37-36-21-26-5-3-4-6-31(26)43-33(39)20-11-25-9-12-27(35)13-10-25/h3-21H,22H2,1-2H3,(H,37,40)/b20-11+,36-21-. The molecule has 0 saturated heterocycles. The Labute approximate surface area is 253 Å². The first-order valence-electron chi connectivity index (χ1n) is 13.4. The highest BCUT2D eigenvalue weighted by atomic mass is 35.5. The van der Waals surface area contributed by atoms with E-state index in [9.17, 15) is 9.59 Å². The van der Waals surface area contributed by atoms with Crippen LogP contribution in [0.5, 0.6) is 11.5 Å². The molecule has 0 aliphatic rings. The molecule has 0 fully saturated rings. The molecule has 0 atom stereocenters. The molecule has 2 aromatic heterocycles. The number of para-hydroxylation sites is 1. The minimum absolute atomic E-state index is 0.0803. The van der Waals surface area contributed by atoms with Crippen molar-refractivity contribution in [3.63, 3.8) is 0 Å². The number of ether oxygens (including phenoxy) is 2. The van der Waals surface area contributed by atoms with Crippen molar-refractivity contribution in [2.45, 2.75) is 20.5 Å². The number of furan rings is 1. The van der Waals surface area contributed by atoms with E-state index in [2.05, 4.69) is 41.1 Å². The fraction of sp³-hybridized carbons (Fsp3) is 0.0882. The summed E-state index contributed by atoms with van der Waals surface area (Å²) in [6, 6.07) is 29.0. The predicted molar refractivity (Wildman–Crippen MR) is 166 cm³/mol. The molecule has 0 aliphatic carbocycles. The monoisotopic (exact) mass is 593 g/mol. The summed E-state index contributed by atoms with van der Waals surface area (Å²) in [5, 5.41) is 4.60. The van der Waals surface area contributed by atoms with Crippen molar-refractivity contribution in [2.24, 2.45) is 5.10 Å². The third-order valence-electron chi connectivity index (χ3n) is 6.41. The van der Waals surface area contributed by atoms with Gasteiger partial charge in [0.25, 0.3) is 0 Å². The number of aryl methyl sites for hydroxylation is 2. The Kier molecular flexibility index (Phi) is 9.19. The van der Waals surface area contributed by atoms with E-state index < -0.39 is 11.9 Å². The number of nitrogens with zero attached hydrogens (tertiary/aromatic N) is 2. The minimum Gasteiger partial charge on any atom is -0.486 e. The number of amides is 1. The van der Waals surface area contributed by atoms with Crippen LogP contribution >= 0.6 is 11.6 Å². The van der Waals surface area contributed by atoms with Gasteiger partial charge in [-0.2, -0.15) is 5.10 Å². The van der Waals surface area contributed by atoms with Crippen LogP contribution in [0.1, 0.15) is 38.8 Å². The van der Waals surface area contributed by atoms with Gasteiger partial charge in [0, 0.05) is 33.7 Å². The number of nitrogens with one attached hydrogen (secondary N) is 1. The van der Waals surface area contributed by atoms with E-state index in [0.717, 1.165) is 22.6 Å². The zero-order valence-corrected chi connectivity index (χ0v) is 24.2. The molecule has 2 heterocycles. The van der Waals surface area contributed by atoms with Gasteiger partial charge in [0.05, 0.1) is 6.21 Å². The van der Waals surface area contributed by atoms with Gasteiger partial charge in [0.1, 0.15) is 23.9 Å². The van der Waals surface area contributed by atoms with Gasteiger partial charge >= 0.3 is 11.9 Å². The summed E-state index contributed by atoms with van der Waals surface area (Å²) >= 11 is 5.89. The molecule has 9 heteroatoms. The van der Waals surface area contributed by atoms with Crippen LogP contribution in [0.25, 0.3) is 11.8 Å². The highest BCUT2D eigenvalue weighted by molar-refractivity contribution is 6.30. The summed E-state index contributed by atoms with van der Waals surface area (Å²) in [7, 11) is 0. The van der Waals surface area contributed by atoms with Gasteiger partial charge in [-0.3, -0.25) is 4.79 Å². The van der Waals surface area contributed by atoms with Crippen LogP contribution in [-0.2, 0) is 11.4 Å². The summed E-state index contributed by atoms with van der Waals surface area (Å²) in [6.07, 6.45) is 4.33. The first-order valence-corrected chi connectivity index (χ1v) is 13.8. The molecule has 43 heavy (non-hydrogen) atoms. The number of rotatable bonds is 10. The molecular weight excluding hydrogens is 566 g/mol. The Morgan fingerprint density at radius 2 is 1.63 bits per heavy atom. The van der Waals surface area contributed by atoms with Crippen molar-refractivity contribution in [3.8, 4) is 17.2 Å². The lowest BCUT2D eigenvalue weighted by molar-refractivity contribution is -0.128. The fourth-order valence-electron chi connectivity index (χ4n) is 4.28. The van der Waals surface area contributed by atoms with Gasteiger partial charge in [0.2, 0.25) is 0 Å². The van der Waals surface area contributed by atoms with E-state index in [-0.39, 0.29) is 18.1 Å². The molecule has 0 saturated carbocycles. The number of aromatic nitrogens is 1. The zero-order chi connectivity index (χ0) is 30.2. The number of hydrogen-bond donors (Lipinski definition) is 1. The van der Waals surface area contributed by atoms with Gasteiger partial charge in [-0.15, -0.1) is 0 Å². The summed E-state index contributed by atoms with van der Waals surface area (Å²) < 4.78 is 19.1. The van der Waals surface area contributed by atoms with Crippen LogP contribution in [-0.4, -0.2) is 22.7 Å². The maximum atomic E-state index is 12.6. The first-order chi connectivity index (χ1) is 20.9. The smallest absolute Gasteiger partial charge is 0.336 e. The van der Waals surface area contributed by atoms with Crippen molar-refractivity contribution in [2.75, 3.05) is 0 Å². The van der Waals surface area contributed by atoms with E-state index >= 15 is 0 Å². The Morgan fingerprint density at radius 1 is 0.907 bits per heavy atom. The Morgan fingerprint density at radius 3 is 2.37 bits per heavy atom. The van der Waals surface area contributed by atoms with Crippen molar-refractivity contribution in [1.29, 1.82) is 0 Å². The van der Waals surface area contributed by atoms with Gasteiger partial charge in [-0.1, -0.05) is 35.9 Å². The van der Waals surface area contributed by atoms with Crippen LogP contribution in [0.4, 0.5) is 0 Å². The maximum absolute atomic E-state index is 12.6. The molecule has 5 aromatic rings. The quantitative estimate of drug-likeness (QED) is 0.0602. The first kappa shape index (κ1) is 29.2. The van der Waals surface area contributed by atoms with E-state index in [1.54, 1.807) is 66.7 Å². The molecule has 1 amide bonds. The lowest BCUT2D eigenvalue weighted by atomic mass is 10.2. The molecule has 0 spiro atoms. The number of carbonyl (C=O) groups is 2. The second-order valence-corrected chi connectivity index (χ2v) is 9.98. The molecule has 1 N–H and O–H groups in total. The van der Waals surface area contributed by atoms with Crippen LogP contribution in [0.2, 0.25) is 5.02 Å². The van der Waals surface area contributed by atoms with Gasteiger partial charge < -0.3 is 18.5 Å². The molecule has 5 rings (SSSR count). The third kappa shape index (κ3) is 7.69. The topological polar surface area (TPSA) is 95.1 Å². The second-order valence-electron chi connectivity index (χ2n) is 9.54. The Balaban J connectivity index is 1.13. The molecular formula is C34H28ClN3O5. The Hall–Kier alpha value is -5.34. The molecule has 0 unspecified atom stereocenters. The summed E-state index contributed by atoms with van der Waals surface area (Å²) in [5.41, 5.74) is 7.09. The van der Waals surface area contributed by atoms with E-state index in [0.29, 0.717) is 22.1 Å². The normalized spacial score (nSPS) is 11.2. The third-order valence-corrected chi connectivity index (χ3v) is 6.67. The van der Waals surface area contributed by atoms with Crippen LogP contribution in [0.3, 0.4) is 0 Å². The summed E-state index contributed by atoms with van der Waals surface area (Å²) in [5.74, 6) is 0.432. The van der Waals surface area contributed by atoms with Crippen LogP contribution in [0, 0.1) is 13.8 Å². The number of halogens is 1. The summed E-state index contributed by atoms with van der Waals surface area (Å²) in [4.78, 5) is 24.9. The molecule has 0 radical (unpaired) electrons. The largest absolute Gasteiger partial charge is 0.486 e. The van der Waals surface area contributed by atoms with Crippen molar-refractivity contribution in [1.82, 2.24) is 9.99 Å². The number of hydrogen-bond acceptors (Lipinski definition) is 6. The van der Waals surface area contributed by atoms with Gasteiger partial charge in [0.15, 0.2) is 5.76 Å².